The van der Waals surface area contributed by atoms with E-state index in [4.69, 9.17) is 18.2 Å². The van der Waals surface area contributed by atoms with Gasteiger partial charge in [0.25, 0.3) is 5.91 Å². The standard InChI is InChI=1S/C27H28N2O5.CH3O2S/c1-17-21(24(31)26(34-3)25(33-2)23(17)30)15-18-7-8-20(19-9-11-28-12-10-19)22(16-18)27(32)29-13-5-4-6-14-29;1-4(2)3/h7-12,16H,4-6,13-15H2,1-3H3;1H2,(H,2,3)/q;-1. The summed E-state index contributed by atoms with van der Waals surface area (Å²) in [6.07, 6.45) is 6.72. The van der Waals surface area contributed by atoms with Crippen molar-refractivity contribution < 1.29 is 32.6 Å². The van der Waals surface area contributed by atoms with Crippen LogP contribution in [0.3, 0.4) is 0 Å². The minimum Gasteiger partial charge on any atom is -0.489 e. The summed E-state index contributed by atoms with van der Waals surface area (Å²) in [6, 6.07) is 9.38. The quantitative estimate of drug-likeness (QED) is 0.255. The molecule has 1 amide bonds. The number of carbonyl (C=O) groups excluding carboxylic acids is 3. The summed E-state index contributed by atoms with van der Waals surface area (Å²) in [5.74, 6) is 1.73. The molecule has 10 heteroatoms. The lowest BCUT2D eigenvalue weighted by molar-refractivity contribution is -0.121. The van der Waals surface area contributed by atoms with Crippen LogP contribution in [-0.4, -0.2) is 65.1 Å². The Kier molecular flexibility index (Phi) is 9.98. The first-order valence-corrected chi connectivity index (χ1v) is 13.3. The van der Waals surface area contributed by atoms with E-state index in [1.54, 1.807) is 19.3 Å². The predicted octanol–water partition coefficient (Wildman–Crippen LogP) is 3.75. The zero-order valence-corrected chi connectivity index (χ0v) is 22.5. The van der Waals surface area contributed by atoms with Gasteiger partial charge in [-0.2, -0.15) is 16.5 Å². The van der Waals surface area contributed by atoms with Gasteiger partial charge in [0.15, 0.2) is 0 Å². The van der Waals surface area contributed by atoms with E-state index in [2.05, 4.69) is 10.9 Å². The number of carbonyl (C=O) groups is 3. The van der Waals surface area contributed by atoms with Crippen LogP contribution in [0.5, 0.6) is 0 Å². The Bertz CT molecular complexity index is 1350. The van der Waals surface area contributed by atoms with Crippen molar-refractivity contribution in [3.8, 4) is 11.1 Å². The molecule has 4 rings (SSSR count). The number of ketones is 2. The molecule has 2 heterocycles. The third-order valence-corrected chi connectivity index (χ3v) is 6.42. The van der Waals surface area contributed by atoms with Crippen molar-refractivity contribution in [2.24, 2.45) is 0 Å². The number of Topliss-reactive ketones (excluding diaryl/α,β-unsaturated/α-hetero) is 2. The summed E-state index contributed by atoms with van der Waals surface area (Å²) >= 11 is 0. The van der Waals surface area contributed by atoms with Crippen LogP contribution in [0.25, 0.3) is 11.1 Å². The number of piperidine rings is 1. The maximum absolute atomic E-state index is 13.5. The number of likely N-dealkylation sites (tertiary alicyclic amines) is 1. The number of rotatable bonds is 6. The SMILES string of the molecule is C=[S-](=O)O.COC1=C(OC)C(=O)C(Cc2ccc(-c3ccncc3)c(C(=O)N3CCCCC3)c2)=C(C)C1=O. The number of hydrogen-bond donors (Lipinski definition) is 1. The Morgan fingerprint density at radius 3 is 2.18 bits per heavy atom. The molecular weight excluding hydrogens is 508 g/mol. The maximum atomic E-state index is 13.5. The van der Waals surface area contributed by atoms with E-state index in [-0.39, 0.29) is 35.4 Å². The molecule has 0 spiro atoms. The average molecular weight is 540 g/mol. The van der Waals surface area contributed by atoms with Gasteiger partial charge in [-0.25, -0.2) is 0 Å². The number of allylic oxidation sites excluding steroid dienone is 2. The van der Waals surface area contributed by atoms with Crippen LogP contribution >= 0.6 is 0 Å². The number of hydrogen-bond acceptors (Lipinski definition) is 8. The fraction of sp³-hybridized carbons (Fsp3) is 0.321. The van der Waals surface area contributed by atoms with Crippen LogP contribution in [0.15, 0.2) is 65.4 Å². The number of nitrogens with zero attached hydrogens (tertiary/aromatic N) is 2. The Hall–Kier alpha value is -3.76. The van der Waals surface area contributed by atoms with Gasteiger partial charge >= 0.3 is 0 Å². The number of amides is 1. The van der Waals surface area contributed by atoms with Crippen LogP contribution in [0.1, 0.15) is 42.1 Å². The summed E-state index contributed by atoms with van der Waals surface area (Å²) in [5.41, 5.74) is 3.73. The van der Waals surface area contributed by atoms with E-state index in [1.165, 1.54) is 14.2 Å². The minimum atomic E-state index is -1.86. The van der Waals surface area contributed by atoms with E-state index in [1.807, 2.05) is 35.2 Å². The topological polar surface area (TPSA) is 123 Å². The lowest BCUT2D eigenvalue weighted by atomic mass is 9.87. The monoisotopic (exact) mass is 539 g/mol. The van der Waals surface area contributed by atoms with Gasteiger partial charge in [0.2, 0.25) is 23.1 Å². The highest BCUT2D eigenvalue weighted by atomic mass is 32.2. The third-order valence-electron chi connectivity index (χ3n) is 6.42. The molecule has 1 aromatic heterocycles. The molecule has 1 aliphatic carbocycles. The molecule has 0 unspecified atom stereocenters. The van der Waals surface area contributed by atoms with Crippen molar-refractivity contribution in [3.05, 3.63) is 76.5 Å². The van der Waals surface area contributed by atoms with Gasteiger partial charge in [-0.1, -0.05) is 12.1 Å². The molecule has 1 saturated heterocycles. The molecule has 1 aromatic carbocycles. The summed E-state index contributed by atoms with van der Waals surface area (Å²) in [5, 5.41) is 0. The summed E-state index contributed by atoms with van der Waals surface area (Å²) in [6.45, 7) is 3.09. The second-order valence-electron chi connectivity index (χ2n) is 8.80. The molecule has 0 atom stereocenters. The Balaban J connectivity index is 0.000000934. The average Bonchev–Trinajstić information content (AvgIpc) is 2.93. The Morgan fingerprint density at radius 2 is 1.61 bits per heavy atom. The van der Waals surface area contributed by atoms with Crippen LogP contribution < -0.4 is 0 Å². The normalized spacial score (nSPS) is 15.9. The van der Waals surface area contributed by atoms with E-state index in [0.717, 1.165) is 49.0 Å². The van der Waals surface area contributed by atoms with Crippen molar-refractivity contribution in [2.75, 3.05) is 27.3 Å². The highest BCUT2D eigenvalue weighted by molar-refractivity contribution is 7.76. The van der Waals surface area contributed by atoms with Crippen molar-refractivity contribution >= 4 is 34.0 Å². The number of pyridine rings is 1. The van der Waals surface area contributed by atoms with Gasteiger partial charge in [0, 0.05) is 48.6 Å². The van der Waals surface area contributed by atoms with Gasteiger partial charge in [-0.05, 0) is 61.1 Å². The molecule has 38 heavy (non-hydrogen) atoms. The molecule has 2 aliphatic rings. The molecule has 202 valence electrons. The largest absolute Gasteiger partial charge is 0.489 e. The highest BCUT2D eigenvalue weighted by Gasteiger charge is 2.34. The van der Waals surface area contributed by atoms with E-state index >= 15 is 0 Å². The minimum absolute atomic E-state index is 0.0238. The first-order valence-electron chi connectivity index (χ1n) is 12.0. The molecular formula is C28H31N2O7S-. The molecule has 0 bridgehead atoms. The predicted molar refractivity (Wildman–Crippen MR) is 145 cm³/mol. The fourth-order valence-electron chi connectivity index (χ4n) is 4.54. The summed E-state index contributed by atoms with van der Waals surface area (Å²) in [4.78, 5) is 45.3. The van der Waals surface area contributed by atoms with Crippen molar-refractivity contribution in [1.82, 2.24) is 9.88 Å². The molecule has 2 aromatic rings. The first-order chi connectivity index (χ1) is 18.2. The van der Waals surface area contributed by atoms with Crippen LogP contribution in [-0.2, 0) is 40.4 Å². The number of aromatic nitrogens is 1. The summed E-state index contributed by atoms with van der Waals surface area (Å²) in [7, 11) is 0.824. The molecule has 1 fully saturated rings. The van der Waals surface area contributed by atoms with Gasteiger partial charge in [0.1, 0.15) is 0 Å². The van der Waals surface area contributed by atoms with Gasteiger partial charge < -0.3 is 23.1 Å². The molecule has 0 saturated carbocycles. The second-order valence-corrected chi connectivity index (χ2v) is 9.44. The zero-order chi connectivity index (χ0) is 27.8. The lowest BCUT2D eigenvalue weighted by Gasteiger charge is -2.28. The molecule has 1 N–H and O–H groups in total. The fourth-order valence-corrected chi connectivity index (χ4v) is 4.54. The van der Waals surface area contributed by atoms with Crippen LogP contribution in [0.4, 0.5) is 0 Å². The molecule has 0 radical (unpaired) electrons. The third kappa shape index (κ3) is 6.56. The zero-order valence-electron chi connectivity index (χ0n) is 21.7. The van der Waals surface area contributed by atoms with Gasteiger partial charge in [-0.3, -0.25) is 19.4 Å². The van der Waals surface area contributed by atoms with Gasteiger partial charge in [-0.15, -0.1) is 0 Å². The van der Waals surface area contributed by atoms with E-state index < -0.39 is 10.7 Å². The highest BCUT2D eigenvalue weighted by Crippen LogP contribution is 2.31. The number of benzene rings is 1. The lowest BCUT2D eigenvalue weighted by Crippen LogP contribution is -2.36. The smallest absolute Gasteiger partial charge is 0.254 e. The number of ether oxygens (including phenoxy) is 2. The Labute approximate surface area is 224 Å². The second kappa shape index (κ2) is 13.2. The Morgan fingerprint density at radius 1 is 1.03 bits per heavy atom. The maximum Gasteiger partial charge on any atom is 0.254 e. The van der Waals surface area contributed by atoms with E-state index in [0.29, 0.717) is 16.7 Å². The van der Waals surface area contributed by atoms with Crippen molar-refractivity contribution in [3.63, 3.8) is 0 Å². The first kappa shape index (κ1) is 28.8. The molecule has 1 aliphatic heterocycles. The van der Waals surface area contributed by atoms with Crippen molar-refractivity contribution in [2.45, 2.75) is 32.6 Å². The van der Waals surface area contributed by atoms with E-state index in [9.17, 15) is 14.4 Å². The van der Waals surface area contributed by atoms with Crippen LogP contribution in [0, 0.1) is 0 Å². The van der Waals surface area contributed by atoms with Crippen LogP contribution in [0.2, 0.25) is 0 Å². The molecule has 9 nitrogen and oxygen atoms in total. The summed E-state index contributed by atoms with van der Waals surface area (Å²) < 4.78 is 26.7. The number of methoxy groups -OCH3 is 2. The van der Waals surface area contributed by atoms with Crippen molar-refractivity contribution in [1.29, 1.82) is 0 Å². The van der Waals surface area contributed by atoms with Gasteiger partial charge in [0.05, 0.1) is 14.2 Å².